The number of benzene rings is 4. The minimum Gasteiger partial charge on any atom is -0.489 e. The highest BCUT2D eigenvalue weighted by Gasteiger charge is 2.12. The molecule has 0 radical (unpaired) electrons. The second-order valence-corrected chi connectivity index (χ2v) is 7.10. The van der Waals surface area contributed by atoms with Crippen molar-refractivity contribution in [1.82, 2.24) is 0 Å². The molecular weight excluding hydrogens is 403 g/mol. The number of para-hydroxylation sites is 1. The van der Waals surface area contributed by atoms with Crippen LogP contribution in [0, 0.1) is 17.1 Å². The molecule has 0 bridgehead atoms. The summed E-state index contributed by atoms with van der Waals surface area (Å²) in [4.78, 5) is 12.4. The molecule has 0 aromatic heterocycles. The zero-order valence-corrected chi connectivity index (χ0v) is 17.1. The lowest BCUT2D eigenvalue weighted by atomic mass is 10.1. The first-order chi connectivity index (χ1) is 15.6. The van der Waals surface area contributed by atoms with E-state index >= 15 is 0 Å². The van der Waals surface area contributed by atoms with Crippen LogP contribution in [0.1, 0.15) is 11.1 Å². The molecule has 4 nitrogen and oxygen atoms in total. The summed E-state index contributed by atoms with van der Waals surface area (Å²) >= 11 is 0. The highest BCUT2D eigenvalue weighted by atomic mass is 19.1. The standard InChI is InChI=1S/C27H19FN2O2/c28-25-13-3-4-14-26(25)30-27(31)22(17-29)15-19-7-5-11-23(16-19)32-18-21-10-6-9-20-8-1-2-12-24(20)21/h1-16H,18H2,(H,30,31)/b22-15-. The number of nitriles is 1. The minimum atomic E-state index is -0.681. The quantitative estimate of drug-likeness (QED) is 0.301. The number of rotatable bonds is 6. The van der Waals surface area contributed by atoms with E-state index < -0.39 is 11.7 Å². The largest absolute Gasteiger partial charge is 0.489 e. The summed E-state index contributed by atoms with van der Waals surface area (Å²) in [6, 6.07) is 29.0. The summed E-state index contributed by atoms with van der Waals surface area (Å²) in [6.45, 7) is 0.382. The number of anilines is 1. The van der Waals surface area contributed by atoms with Crippen LogP contribution in [0.15, 0.2) is 96.6 Å². The predicted octanol–water partition coefficient (Wildman–Crippen LogP) is 6.10. The molecule has 0 saturated carbocycles. The first kappa shape index (κ1) is 20.8. The summed E-state index contributed by atoms with van der Waals surface area (Å²) in [6.07, 6.45) is 1.45. The molecule has 0 saturated heterocycles. The molecule has 0 heterocycles. The molecule has 0 fully saturated rings. The maximum atomic E-state index is 13.8. The van der Waals surface area contributed by atoms with E-state index in [4.69, 9.17) is 4.74 Å². The number of ether oxygens (including phenoxy) is 1. The third-order valence-corrected chi connectivity index (χ3v) is 4.93. The average molecular weight is 422 g/mol. The van der Waals surface area contributed by atoms with Crippen molar-refractivity contribution in [3.05, 3.63) is 114 Å². The van der Waals surface area contributed by atoms with Gasteiger partial charge >= 0.3 is 0 Å². The van der Waals surface area contributed by atoms with Crippen LogP contribution in [0.4, 0.5) is 10.1 Å². The van der Waals surface area contributed by atoms with E-state index in [1.54, 1.807) is 24.3 Å². The van der Waals surface area contributed by atoms with Gasteiger partial charge in [-0.15, -0.1) is 0 Å². The van der Waals surface area contributed by atoms with Gasteiger partial charge in [0.15, 0.2) is 0 Å². The van der Waals surface area contributed by atoms with Gasteiger partial charge in [0, 0.05) is 0 Å². The van der Waals surface area contributed by atoms with Crippen molar-refractivity contribution in [2.75, 3.05) is 5.32 Å². The Kier molecular flexibility index (Phi) is 6.24. The van der Waals surface area contributed by atoms with Gasteiger partial charge in [-0.25, -0.2) is 4.39 Å². The second kappa shape index (κ2) is 9.59. The van der Waals surface area contributed by atoms with E-state index in [0.717, 1.165) is 16.3 Å². The third kappa shape index (κ3) is 4.82. The fourth-order valence-corrected chi connectivity index (χ4v) is 3.34. The second-order valence-electron chi connectivity index (χ2n) is 7.10. The number of nitrogens with one attached hydrogen (secondary N) is 1. The van der Waals surface area contributed by atoms with E-state index in [1.807, 2.05) is 36.4 Å². The first-order valence-corrected chi connectivity index (χ1v) is 10.0. The van der Waals surface area contributed by atoms with Crippen LogP contribution in [0.25, 0.3) is 16.8 Å². The van der Waals surface area contributed by atoms with Gasteiger partial charge in [0.05, 0.1) is 5.69 Å². The molecule has 0 aliphatic rings. The van der Waals surface area contributed by atoms with Crippen molar-refractivity contribution < 1.29 is 13.9 Å². The van der Waals surface area contributed by atoms with Gasteiger partial charge in [-0.3, -0.25) is 4.79 Å². The number of fused-ring (bicyclic) bond motifs is 1. The van der Waals surface area contributed by atoms with Crippen molar-refractivity contribution in [2.24, 2.45) is 0 Å². The zero-order chi connectivity index (χ0) is 22.3. The van der Waals surface area contributed by atoms with Crippen LogP contribution in [0.5, 0.6) is 5.75 Å². The van der Waals surface area contributed by atoms with Crippen LogP contribution in [0.3, 0.4) is 0 Å². The summed E-state index contributed by atoms with van der Waals surface area (Å²) in [7, 11) is 0. The molecule has 0 aliphatic heterocycles. The Balaban J connectivity index is 1.50. The number of amides is 1. The van der Waals surface area contributed by atoms with Crippen LogP contribution in [-0.2, 0) is 11.4 Å². The molecule has 5 heteroatoms. The monoisotopic (exact) mass is 422 g/mol. The van der Waals surface area contributed by atoms with Gasteiger partial charge in [-0.05, 0) is 52.2 Å². The molecular formula is C27H19FN2O2. The number of carbonyl (C=O) groups is 1. The Labute approximate surface area is 185 Å². The van der Waals surface area contributed by atoms with Crippen LogP contribution < -0.4 is 10.1 Å². The zero-order valence-electron chi connectivity index (χ0n) is 17.1. The van der Waals surface area contributed by atoms with E-state index in [-0.39, 0.29) is 11.3 Å². The lowest BCUT2D eigenvalue weighted by molar-refractivity contribution is -0.112. The predicted molar refractivity (Wildman–Crippen MR) is 123 cm³/mol. The maximum Gasteiger partial charge on any atom is 0.266 e. The molecule has 156 valence electrons. The summed E-state index contributed by atoms with van der Waals surface area (Å²) in [5, 5.41) is 14.1. The van der Waals surface area contributed by atoms with Gasteiger partial charge in [0.1, 0.15) is 29.8 Å². The fraction of sp³-hybridized carbons (Fsp3) is 0.0370. The lowest BCUT2D eigenvalue weighted by Crippen LogP contribution is -2.14. The highest BCUT2D eigenvalue weighted by Crippen LogP contribution is 2.22. The van der Waals surface area contributed by atoms with Crippen molar-refractivity contribution in [2.45, 2.75) is 6.61 Å². The summed E-state index contributed by atoms with van der Waals surface area (Å²) < 4.78 is 19.8. The topological polar surface area (TPSA) is 62.1 Å². The molecule has 4 rings (SSSR count). The lowest BCUT2D eigenvalue weighted by Gasteiger charge is -2.10. The van der Waals surface area contributed by atoms with Crippen molar-refractivity contribution >= 4 is 28.4 Å². The fourth-order valence-electron chi connectivity index (χ4n) is 3.34. The number of carbonyl (C=O) groups excluding carboxylic acids is 1. The summed E-state index contributed by atoms with van der Waals surface area (Å²) in [5.74, 6) is -0.639. The van der Waals surface area contributed by atoms with E-state index in [1.165, 1.54) is 24.3 Å². The SMILES string of the molecule is N#C/C(=C/c1cccc(OCc2cccc3ccccc23)c1)C(=O)Nc1ccccc1F. The van der Waals surface area contributed by atoms with Crippen LogP contribution >= 0.6 is 0 Å². The molecule has 0 atom stereocenters. The summed E-state index contributed by atoms with van der Waals surface area (Å²) in [5.41, 5.74) is 1.57. The molecule has 4 aromatic rings. The maximum absolute atomic E-state index is 13.8. The van der Waals surface area contributed by atoms with Gasteiger partial charge < -0.3 is 10.1 Å². The highest BCUT2D eigenvalue weighted by molar-refractivity contribution is 6.09. The van der Waals surface area contributed by atoms with Crippen LogP contribution in [0.2, 0.25) is 0 Å². The van der Waals surface area contributed by atoms with Gasteiger partial charge in [-0.1, -0.05) is 66.7 Å². The number of halogens is 1. The molecule has 0 unspecified atom stereocenters. The van der Waals surface area contributed by atoms with Crippen molar-refractivity contribution in [3.63, 3.8) is 0 Å². The third-order valence-electron chi connectivity index (χ3n) is 4.93. The van der Waals surface area contributed by atoms with E-state index in [2.05, 4.69) is 23.5 Å². The van der Waals surface area contributed by atoms with Gasteiger partial charge in [0.25, 0.3) is 5.91 Å². The average Bonchev–Trinajstić information content (AvgIpc) is 2.83. The molecule has 4 aromatic carbocycles. The smallest absolute Gasteiger partial charge is 0.266 e. The minimum absolute atomic E-state index is 0.0193. The Bertz CT molecular complexity index is 1350. The Morgan fingerprint density at radius 1 is 0.969 bits per heavy atom. The Morgan fingerprint density at radius 3 is 2.56 bits per heavy atom. The van der Waals surface area contributed by atoms with Gasteiger partial charge in [0.2, 0.25) is 0 Å². The van der Waals surface area contributed by atoms with Crippen LogP contribution in [-0.4, -0.2) is 5.91 Å². The Morgan fingerprint density at radius 2 is 1.72 bits per heavy atom. The number of hydrogen-bond donors (Lipinski definition) is 1. The molecule has 0 aliphatic carbocycles. The van der Waals surface area contributed by atoms with E-state index in [0.29, 0.717) is 17.9 Å². The Hall–Kier alpha value is -4.43. The molecule has 1 amide bonds. The van der Waals surface area contributed by atoms with Gasteiger partial charge in [-0.2, -0.15) is 5.26 Å². The van der Waals surface area contributed by atoms with Crippen molar-refractivity contribution in [1.29, 1.82) is 5.26 Å². The normalized spacial score (nSPS) is 11.1. The van der Waals surface area contributed by atoms with Crippen molar-refractivity contribution in [3.8, 4) is 11.8 Å². The first-order valence-electron chi connectivity index (χ1n) is 10.0. The molecule has 32 heavy (non-hydrogen) atoms. The number of hydrogen-bond acceptors (Lipinski definition) is 3. The molecule has 1 N–H and O–H groups in total. The van der Waals surface area contributed by atoms with E-state index in [9.17, 15) is 14.4 Å². The molecule has 0 spiro atoms. The number of nitrogens with zero attached hydrogens (tertiary/aromatic N) is 1.